The van der Waals surface area contributed by atoms with Gasteiger partial charge in [-0.3, -0.25) is 4.79 Å². The van der Waals surface area contributed by atoms with E-state index in [9.17, 15) is 9.59 Å². The predicted octanol–water partition coefficient (Wildman–Crippen LogP) is 3.05. The van der Waals surface area contributed by atoms with Crippen LogP contribution in [0.2, 0.25) is 0 Å². The molecule has 20 heavy (non-hydrogen) atoms. The van der Waals surface area contributed by atoms with E-state index >= 15 is 0 Å². The Balaban J connectivity index is 2.28. The van der Waals surface area contributed by atoms with Crippen molar-refractivity contribution >= 4 is 32.9 Å². The highest BCUT2D eigenvalue weighted by molar-refractivity contribution is 5.97. The van der Waals surface area contributed by atoms with Crippen LogP contribution in [0.15, 0.2) is 67.0 Å². The standard InChI is InChI=1S/C16H8O4/c17-15-6-5-9-7-11-14(8-13(9)20-15)19-12-4-2-1-3-10(12)16(11)18/h1-8H. The number of rotatable bonds is 0. The van der Waals surface area contributed by atoms with Crippen molar-refractivity contribution < 1.29 is 8.83 Å². The van der Waals surface area contributed by atoms with Crippen molar-refractivity contribution in [3.8, 4) is 0 Å². The molecule has 0 N–H and O–H groups in total. The molecule has 0 radical (unpaired) electrons. The molecule has 0 bridgehead atoms. The maximum atomic E-state index is 12.4. The van der Waals surface area contributed by atoms with Gasteiger partial charge in [0.2, 0.25) is 5.43 Å². The Morgan fingerprint density at radius 3 is 2.45 bits per heavy atom. The van der Waals surface area contributed by atoms with E-state index in [1.807, 2.05) is 0 Å². The highest BCUT2D eigenvalue weighted by Crippen LogP contribution is 2.23. The SMILES string of the molecule is O=c1ccc2cc3c(=O)c4ccccc4oc3cc2o1. The molecule has 2 heterocycles. The van der Waals surface area contributed by atoms with Gasteiger partial charge in [0.25, 0.3) is 0 Å². The fourth-order valence-electron chi connectivity index (χ4n) is 2.37. The second-order valence-corrected chi connectivity index (χ2v) is 4.57. The van der Waals surface area contributed by atoms with Crippen LogP contribution in [0.25, 0.3) is 32.9 Å². The maximum absolute atomic E-state index is 12.4. The third-order valence-electron chi connectivity index (χ3n) is 3.32. The van der Waals surface area contributed by atoms with E-state index in [-0.39, 0.29) is 5.43 Å². The van der Waals surface area contributed by atoms with Crippen molar-refractivity contribution in [2.75, 3.05) is 0 Å². The number of hydrogen-bond acceptors (Lipinski definition) is 4. The van der Waals surface area contributed by atoms with Crippen molar-refractivity contribution in [1.82, 2.24) is 0 Å². The minimum absolute atomic E-state index is 0.0880. The lowest BCUT2D eigenvalue weighted by Crippen LogP contribution is -2.02. The van der Waals surface area contributed by atoms with E-state index in [0.717, 1.165) is 0 Å². The van der Waals surface area contributed by atoms with Crippen molar-refractivity contribution in [2.45, 2.75) is 0 Å². The third kappa shape index (κ3) is 1.48. The zero-order chi connectivity index (χ0) is 13.7. The van der Waals surface area contributed by atoms with Gasteiger partial charge in [0, 0.05) is 17.5 Å². The molecule has 0 amide bonds. The molecule has 0 aliphatic rings. The summed E-state index contributed by atoms with van der Waals surface area (Å²) in [5, 5.41) is 1.71. The molecule has 4 heteroatoms. The zero-order valence-corrected chi connectivity index (χ0v) is 10.3. The van der Waals surface area contributed by atoms with E-state index in [4.69, 9.17) is 8.83 Å². The lowest BCUT2D eigenvalue weighted by atomic mass is 10.1. The van der Waals surface area contributed by atoms with Gasteiger partial charge in [-0.25, -0.2) is 4.79 Å². The Morgan fingerprint density at radius 1 is 0.700 bits per heavy atom. The van der Waals surface area contributed by atoms with Gasteiger partial charge in [-0.2, -0.15) is 0 Å². The summed E-state index contributed by atoms with van der Waals surface area (Å²) in [4.78, 5) is 23.7. The molecular formula is C16H8O4. The van der Waals surface area contributed by atoms with Crippen LogP contribution in [0.5, 0.6) is 0 Å². The Kier molecular flexibility index (Phi) is 2.09. The largest absolute Gasteiger partial charge is 0.456 e. The molecule has 0 aliphatic heterocycles. The molecule has 4 rings (SSSR count). The molecule has 4 aromatic rings. The number of para-hydroxylation sites is 1. The summed E-state index contributed by atoms with van der Waals surface area (Å²) in [6.45, 7) is 0. The fourth-order valence-corrected chi connectivity index (χ4v) is 2.37. The summed E-state index contributed by atoms with van der Waals surface area (Å²) in [6.07, 6.45) is 0. The lowest BCUT2D eigenvalue weighted by Gasteiger charge is -2.02. The quantitative estimate of drug-likeness (QED) is 0.362. The minimum Gasteiger partial charge on any atom is -0.456 e. The van der Waals surface area contributed by atoms with E-state index in [0.29, 0.717) is 32.9 Å². The van der Waals surface area contributed by atoms with Gasteiger partial charge in [-0.15, -0.1) is 0 Å². The average Bonchev–Trinajstić information content (AvgIpc) is 2.46. The molecule has 0 spiro atoms. The molecule has 0 saturated carbocycles. The van der Waals surface area contributed by atoms with Gasteiger partial charge in [-0.1, -0.05) is 12.1 Å². The van der Waals surface area contributed by atoms with Crippen molar-refractivity contribution in [3.05, 3.63) is 69.2 Å². The van der Waals surface area contributed by atoms with Crippen LogP contribution in [0.4, 0.5) is 0 Å². The molecule has 0 saturated heterocycles. The first-order chi connectivity index (χ1) is 9.72. The predicted molar refractivity (Wildman–Crippen MR) is 76.0 cm³/mol. The number of hydrogen-bond donors (Lipinski definition) is 0. The molecule has 0 unspecified atom stereocenters. The van der Waals surface area contributed by atoms with E-state index in [1.165, 1.54) is 6.07 Å². The molecule has 0 fully saturated rings. The first kappa shape index (κ1) is 11.0. The van der Waals surface area contributed by atoms with Crippen LogP contribution in [0.1, 0.15) is 0 Å². The van der Waals surface area contributed by atoms with Gasteiger partial charge in [-0.05, 0) is 24.3 Å². The molecule has 4 nitrogen and oxygen atoms in total. The van der Waals surface area contributed by atoms with Crippen molar-refractivity contribution in [2.24, 2.45) is 0 Å². The van der Waals surface area contributed by atoms with Crippen LogP contribution < -0.4 is 11.1 Å². The summed E-state index contributed by atoms with van der Waals surface area (Å²) in [6, 6.07) is 13.3. The van der Waals surface area contributed by atoms with Gasteiger partial charge in [0.1, 0.15) is 16.7 Å². The lowest BCUT2D eigenvalue weighted by molar-refractivity contribution is 0.560. The Bertz CT molecular complexity index is 1090. The Hall–Kier alpha value is -2.88. The van der Waals surface area contributed by atoms with Crippen LogP contribution >= 0.6 is 0 Å². The third-order valence-corrected chi connectivity index (χ3v) is 3.32. The summed E-state index contributed by atoms with van der Waals surface area (Å²) in [5.74, 6) is 0. The number of benzene rings is 2. The zero-order valence-electron chi connectivity index (χ0n) is 10.3. The van der Waals surface area contributed by atoms with E-state index < -0.39 is 5.63 Å². The molecule has 0 aliphatic carbocycles. The maximum Gasteiger partial charge on any atom is 0.336 e. The Morgan fingerprint density at radius 2 is 1.55 bits per heavy atom. The summed E-state index contributed by atoms with van der Waals surface area (Å²) in [7, 11) is 0. The highest BCUT2D eigenvalue weighted by Gasteiger charge is 2.09. The smallest absolute Gasteiger partial charge is 0.336 e. The van der Waals surface area contributed by atoms with Crippen molar-refractivity contribution in [1.29, 1.82) is 0 Å². The van der Waals surface area contributed by atoms with Gasteiger partial charge < -0.3 is 8.83 Å². The fraction of sp³-hybridized carbons (Fsp3) is 0. The number of fused-ring (bicyclic) bond motifs is 3. The van der Waals surface area contributed by atoms with E-state index in [1.54, 1.807) is 42.5 Å². The average molecular weight is 264 g/mol. The van der Waals surface area contributed by atoms with Crippen molar-refractivity contribution in [3.63, 3.8) is 0 Å². The van der Waals surface area contributed by atoms with Gasteiger partial charge in [0.05, 0.1) is 10.8 Å². The van der Waals surface area contributed by atoms with Gasteiger partial charge in [0.15, 0.2) is 0 Å². The summed E-state index contributed by atoms with van der Waals surface area (Å²) < 4.78 is 10.8. The Labute approximate surface area is 111 Å². The molecule has 2 aromatic carbocycles. The van der Waals surface area contributed by atoms with Gasteiger partial charge >= 0.3 is 5.63 Å². The molecule has 96 valence electrons. The van der Waals surface area contributed by atoms with E-state index in [2.05, 4.69) is 0 Å². The molecule has 2 aromatic heterocycles. The second-order valence-electron chi connectivity index (χ2n) is 4.57. The minimum atomic E-state index is -0.431. The highest BCUT2D eigenvalue weighted by atomic mass is 16.4. The first-order valence-electron chi connectivity index (χ1n) is 6.12. The normalized spacial score (nSPS) is 11.4. The molecular weight excluding hydrogens is 256 g/mol. The topological polar surface area (TPSA) is 60.4 Å². The van der Waals surface area contributed by atoms with Crippen LogP contribution in [0.3, 0.4) is 0 Å². The summed E-state index contributed by atoms with van der Waals surface area (Å²) in [5.41, 5.74) is 0.816. The summed E-state index contributed by atoms with van der Waals surface area (Å²) >= 11 is 0. The van der Waals surface area contributed by atoms with Crippen LogP contribution in [-0.2, 0) is 0 Å². The van der Waals surface area contributed by atoms with Crippen LogP contribution in [-0.4, -0.2) is 0 Å². The second kappa shape index (κ2) is 3.81. The monoisotopic (exact) mass is 264 g/mol. The molecule has 0 atom stereocenters. The first-order valence-corrected chi connectivity index (χ1v) is 6.12. The van der Waals surface area contributed by atoms with Crippen LogP contribution in [0, 0.1) is 0 Å².